The predicted molar refractivity (Wildman–Crippen MR) is 122 cm³/mol. The van der Waals surface area contributed by atoms with Crippen LogP contribution in [0.25, 0.3) is 10.8 Å². The van der Waals surface area contributed by atoms with Gasteiger partial charge in [0.25, 0.3) is 0 Å². The molecule has 0 saturated heterocycles. The number of benzene rings is 2. The molecule has 0 amide bonds. The lowest BCUT2D eigenvalue weighted by atomic mass is 9.77. The van der Waals surface area contributed by atoms with Gasteiger partial charge in [-0.05, 0) is 55.8 Å². The molecule has 4 nitrogen and oxygen atoms in total. The van der Waals surface area contributed by atoms with Crippen molar-refractivity contribution in [3.63, 3.8) is 0 Å². The number of hydrogen-bond acceptors (Lipinski definition) is 4. The highest BCUT2D eigenvalue weighted by molar-refractivity contribution is 5.99. The standard InChI is InChI=1S/C26H27N3O/c1-25(2)21-10-6-7-11-22(21)29(19-8-4-3-5-9-19)26(25)17-28-24-20-16-27-15-14-18(20)12-13-23(24)30-26/h6-7,10-17,19H,3-5,8-9H2,1-2H3. The fourth-order valence-corrected chi connectivity index (χ4v) is 5.78. The molecule has 2 aliphatic heterocycles. The fourth-order valence-electron chi connectivity index (χ4n) is 5.78. The predicted octanol–water partition coefficient (Wildman–Crippen LogP) is 6.16. The molecular weight excluding hydrogens is 370 g/mol. The fraction of sp³-hybridized carbons (Fsp3) is 0.385. The van der Waals surface area contributed by atoms with E-state index in [9.17, 15) is 0 Å². The van der Waals surface area contributed by atoms with Gasteiger partial charge in [0.1, 0.15) is 11.4 Å². The van der Waals surface area contributed by atoms with Crippen molar-refractivity contribution in [2.24, 2.45) is 4.99 Å². The number of anilines is 1. The van der Waals surface area contributed by atoms with Gasteiger partial charge in [0.2, 0.25) is 5.72 Å². The van der Waals surface area contributed by atoms with Gasteiger partial charge >= 0.3 is 0 Å². The van der Waals surface area contributed by atoms with Gasteiger partial charge in [-0.2, -0.15) is 0 Å². The first kappa shape index (κ1) is 17.9. The Morgan fingerprint density at radius 1 is 1.00 bits per heavy atom. The number of para-hydroxylation sites is 1. The van der Waals surface area contributed by atoms with Gasteiger partial charge in [0, 0.05) is 29.5 Å². The molecular formula is C26H27N3O. The molecule has 152 valence electrons. The molecule has 1 unspecified atom stereocenters. The molecule has 3 aromatic rings. The van der Waals surface area contributed by atoms with E-state index in [1.807, 2.05) is 18.5 Å². The number of pyridine rings is 1. The summed E-state index contributed by atoms with van der Waals surface area (Å²) in [4.78, 5) is 11.9. The van der Waals surface area contributed by atoms with Gasteiger partial charge in [-0.15, -0.1) is 0 Å². The van der Waals surface area contributed by atoms with Gasteiger partial charge in [0.15, 0.2) is 0 Å². The summed E-state index contributed by atoms with van der Waals surface area (Å²) in [6.45, 7) is 4.60. The molecule has 0 radical (unpaired) electrons. The van der Waals surface area contributed by atoms with Crippen LogP contribution >= 0.6 is 0 Å². The number of ether oxygens (including phenoxy) is 1. The number of aliphatic imine (C=N–C) groups is 1. The zero-order valence-corrected chi connectivity index (χ0v) is 17.6. The third kappa shape index (κ3) is 2.28. The molecule has 3 aliphatic rings. The summed E-state index contributed by atoms with van der Waals surface area (Å²) >= 11 is 0. The molecule has 2 aromatic carbocycles. The van der Waals surface area contributed by atoms with Gasteiger partial charge in [-0.25, -0.2) is 0 Å². The molecule has 1 aromatic heterocycles. The molecule has 6 rings (SSSR count). The van der Waals surface area contributed by atoms with E-state index in [1.54, 1.807) is 0 Å². The number of nitrogens with zero attached hydrogens (tertiary/aromatic N) is 3. The van der Waals surface area contributed by atoms with E-state index in [0.29, 0.717) is 6.04 Å². The second kappa shape index (κ2) is 6.31. The van der Waals surface area contributed by atoms with Crippen molar-refractivity contribution in [2.45, 2.75) is 63.1 Å². The van der Waals surface area contributed by atoms with Crippen LogP contribution in [0, 0.1) is 0 Å². The topological polar surface area (TPSA) is 37.7 Å². The maximum Gasteiger partial charge on any atom is 0.229 e. The van der Waals surface area contributed by atoms with E-state index in [4.69, 9.17) is 9.73 Å². The smallest absolute Gasteiger partial charge is 0.229 e. The summed E-state index contributed by atoms with van der Waals surface area (Å²) in [6.07, 6.45) is 12.1. The van der Waals surface area contributed by atoms with Crippen LogP contribution in [-0.4, -0.2) is 23.0 Å². The lowest BCUT2D eigenvalue weighted by Crippen LogP contribution is -2.65. The second-order valence-electron chi connectivity index (χ2n) is 9.37. The average molecular weight is 398 g/mol. The van der Waals surface area contributed by atoms with Crippen LogP contribution in [0.5, 0.6) is 5.75 Å². The van der Waals surface area contributed by atoms with Crippen LogP contribution < -0.4 is 9.64 Å². The van der Waals surface area contributed by atoms with Crippen molar-refractivity contribution >= 4 is 28.4 Å². The third-order valence-corrected chi connectivity index (χ3v) is 7.42. The summed E-state index contributed by atoms with van der Waals surface area (Å²) in [5, 5.41) is 2.18. The number of rotatable bonds is 1. The minimum atomic E-state index is -0.623. The van der Waals surface area contributed by atoms with E-state index in [0.717, 1.165) is 22.2 Å². The molecule has 1 aliphatic carbocycles. The lowest BCUT2D eigenvalue weighted by Gasteiger charge is -2.49. The Morgan fingerprint density at radius 3 is 2.70 bits per heavy atom. The molecule has 1 fully saturated rings. The Kier molecular flexibility index (Phi) is 3.77. The molecule has 1 spiro atoms. The van der Waals surface area contributed by atoms with Crippen molar-refractivity contribution in [3.05, 3.63) is 60.4 Å². The molecule has 0 N–H and O–H groups in total. The molecule has 30 heavy (non-hydrogen) atoms. The number of fused-ring (bicyclic) bond motifs is 4. The largest absolute Gasteiger partial charge is 0.459 e. The summed E-state index contributed by atoms with van der Waals surface area (Å²) in [6, 6.07) is 15.5. The maximum atomic E-state index is 7.00. The Labute approximate surface area is 177 Å². The monoisotopic (exact) mass is 397 g/mol. The molecule has 3 heterocycles. The van der Waals surface area contributed by atoms with Crippen LogP contribution in [0.4, 0.5) is 11.4 Å². The molecule has 0 bridgehead atoms. The van der Waals surface area contributed by atoms with Crippen LogP contribution in [0.3, 0.4) is 0 Å². The zero-order valence-electron chi connectivity index (χ0n) is 17.6. The minimum Gasteiger partial charge on any atom is -0.459 e. The maximum absolute atomic E-state index is 7.00. The first-order valence-electron chi connectivity index (χ1n) is 11.1. The quantitative estimate of drug-likeness (QED) is 0.494. The third-order valence-electron chi connectivity index (χ3n) is 7.42. The van der Waals surface area contributed by atoms with Crippen LogP contribution in [-0.2, 0) is 5.41 Å². The van der Waals surface area contributed by atoms with Crippen LogP contribution in [0.15, 0.2) is 59.9 Å². The van der Waals surface area contributed by atoms with Crippen molar-refractivity contribution in [3.8, 4) is 5.75 Å². The van der Waals surface area contributed by atoms with Crippen molar-refractivity contribution in [2.75, 3.05) is 4.90 Å². The molecule has 1 saturated carbocycles. The summed E-state index contributed by atoms with van der Waals surface area (Å²) in [5.74, 6) is 0.847. The van der Waals surface area contributed by atoms with Gasteiger partial charge in [0.05, 0.1) is 11.6 Å². The average Bonchev–Trinajstić information content (AvgIpc) is 2.97. The molecule has 1 atom stereocenters. The Hall–Kier alpha value is -2.88. The van der Waals surface area contributed by atoms with Crippen LogP contribution in [0.1, 0.15) is 51.5 Å². The van der Waals surface area contributed by atoms with Crippen LogP contribution in [0.2, 0.25) is 0 Å². The minimum absolute atomic E-state index is 0.230. The normalized spacial score (nSPS) is 24.7. The van der Waals surface area contributed by atoms with E-state index < -0.39 is 5.72 Å². The Morgan fingerprint density at radius 2 is 1.83 bits per heavy atom. The van der Waals surface area contributed by atoms with E-state index in [-0.39, 0.29) is 5.41 Å². The van der Waals surface area contributed by atoms with Gasteiger partial charge in [-0.3, -0.25) is 9.98 Å². The summed E-state index contributed by atoms with van der Waals surface area (Å²) in [7, 11) is 0. The highest BCUT2D eigenvalue weighted by Gasteiger charge is 2.61. The molecule has 4 heteroatoms. The highest BCUT2D eigenvalue weighted by atomic mass is 16.5. The van der Waals surface area contributed by atoms with Crippen molar-refractivity contribution in [1.29, 1.82) is 0 Å². The lowest BCUT2D eigenvalue weighted by molar-refractivity contribution is 0.0660. The Balaban J connectivity index is 1.55. The van der Waals surface area contributed by atoms with Crippen molar-refractivity contribution < 1.29 is 4.74 Å². The number of aromatic nitrogens is 1. The first-order chi connectivity index (χ1) is 14.6. The van der Waals surface area contributed by atoms with Gasteiger partial charge in [-0.1, -0.05) is 43.5 Å². The van der Waals surface area contributed by atoms with Crippen molar-refractivity contribution in [1.82, 2.24) is 4.98 Å². The van der Waals surface area contributed by atoms with Gasteiger partial charge < -0.3 is 9.64 Å². The second-order valence-corrected chi connectivity index (χ2v) is 9.37. The first-order valence-corrected chi connectivity index (χ1v) is 11.1. The number of hydrogen-bond donors (Lipinski definition) is 0. The van der Waals surface area contributed by atoms with E-state index >= 15 is 0 Å². The SMILES string of the molecule is CC1(C)c2ccccc2N(C2CCCCC2)C12C=Nc1c(ccc3ccncc13)O2. The summed E-state index contributed by atoms with van der Waals surface area (Å²) in [5.41, 5.74) is 2.68. The Bertz CT molecular complexity index is 1160. The van der Waals surface area contributed by atoms with E-state index in [2.05, 4.69) is 66.3 Å². The summed E-state index contributed by atoms with van der Waals surface area (Å²) < 4.78 is 7.00. The zero-order chi connectivity index (χ0) is 20.3. The highest BCUT2D eigenvalue weighted by Crippen LogP contribution is 2.56. The van der Waals surface area contributed by atoms with E-state index in [1.165, 1.54) is 43.4 Å².